The Bertz CT molecular complexity index is 148. The maximum atomic E-state index is 5.97. The van der Waals surface area contributed by atoms with Gasteiger partial charge in [0.25, 0.3) is 0 Å². The van der Waals surface area contributed by atoms with Crippen LogP contribution in [-0.2, 0) is 4.74 Å². The summed E-state index contributed by atoms with van der Waals surface area (Å²) >= 11 is 3.62. The van der Waals surface area contributed by atoms with E-state index in [1.54, 1.807) is 0 Å². The Hall–Kier alpha value is 0.440. The molecule has 1 aliphatic heterocycles. The minimum atomic E-state index is 0.233. The van der Waals surface area contributed by atoms with Gasteiger partial charge < -0.3 is 4.74 Å². The van der Waals surface area contributed by atoms with Gasteiger partial charge in [0.2, 0.25) is 0 Å². The lowest BCUT2D eigenvalue weighted by molar-refractivity contribution is -0.118. The summed E-state index contributed by atoms with van der Waals surface area (Å²) in [5.41, 5.74) is 0.233. The SMILES string of the molecule is BrCC1(C2CCC2)CCCCO1. The second-order valence-corrected chi connectivity index (χ2v) is 4.69. The van der Waals surface area contributed by atoms with Crippen LogP contribution in [0.25, 0.3) is 0 Å². The average Bonchev–Trinajstić information content (AvgIpc) is 2.03. The van der Waals surface area contributed by atoms with Crippen molar-refractivity contribution in [1.29, 1.82) is 0 Å². The quantitative estimate of drug-likeness (QED) is 0.666. The summed E-state index contributed by atoms with van der Waals surface area (Å²) in [5, 5.41) is 1.05. The van der Waals surface area contributed by atoms with Crippen molar-refractivity contribution in [2.45, 2.75) is 44.1 Å². The van der Waals surface area contributed by atoms with Gasteiger partial charge in [-0.05, 0) is 38.0 Å². The summed E-state index contributed by atoms with van der Waals surface area (Å²) in [7, 11) is 0. The molecule has 2 heteroatoms. The molecular formula is C10H17BrO. The van der Waals surface area contributed by atoms with Crippen molar-refractivity contribution in [3.05, 3.63) is 0 Å². The highest BCUT2D eigenvalue weighted by Gasteiger charge is 2.42. The fourth-order valence-corrected chi connectivity index (χ4v) is 3.24. The van der Waals surface area contributed by atoms with Gasteiger partial charge in [0.05, 0.1) is 5.60 Å². The standard InChI is InChI=1S/C10H17BrO/c11-8-10(9-4-3-5-9)6-1-2-7-12-10/h9H,1-8H2. The van der Waals surface area contributed by atoms with Crippen molar-refractivity contribution in [3.8, 4) is 0 Å². The third-order valence-electron chi connectivity index (χ3n) is 3.46. The summed E-state index contributed by atoms with van der Waals surface area (Å²) < 4.78 is 5.97. The zero-order valence-corrected chi connectivity index (χ0v) is 9.11. The van der Waals surface area contributed by atoms with E-state index in [2.05, 4.69) is 15.9 Å². The molecule has 0 aromatic rings. The Morgan fingerprint density at radius 3 is 2.50 bits per heavy atom. The molecule has 12 heavy (non-hydrogen) atoms. The van der Waals surface area contributed by atoms with Crippen molar-refractivity contribution in [2.75, 3.05) is 11.9 Å². The van der Waals surface area contributed by atoms with E-state index in [4.69, 9.17) is 4.74 Å². The van der Waals surface area contributed by atoms with Gasteiger partial charge in [-0.1, -0.05) is 22.4 Å². The van der Waals surface area contributed by atoms with Gasteiger partial charge in [-0.3, -0.25) is 0 Å². The summed E-state index contributed by atoms with van der Waals surface area (Å²) in [6.45, 7) is 0.988. The van der Waals surface area contributed by atoms with E-state index in [9.17, 15) is 0 Å². The minimum Gasteiger partial charge on any atom is -0.374 e. The van der Waals surface area contributed by atoms with E-state index >= 15 is 0 Å². The summed E-state index contributed by atoms with van der Waals surface area (Å²) in [4.78, 5) is 0. The first kappa shape index (κ1) is 9.01. The largest absolute Gasteiger partial charge is 0.374 e. The lowest BCUT2D eigenvalue weighted by Crippen LogP contribution is -2.47. The third-order valence-corrected chi connectivity index (χ3v) is 4.41. The molecule has 1 nitrogen and oxygen atoms in total. The lowest BCUT2D eigenvalue weighted by atomic mass is 9.71. The van der Waals surface area contributed by atoms with Crippen LogP contribution in [-0.4, -0.2) is 17.5 Å². The van der Waals surface area contributed by atoms with E-state index < -0.39 is 0 Å². The zero-order valence-electron chi connectivity index (χ0n) is 7.52. The number of hydrogen-bond donors (Lipinski definition) is 0. The Labute approximate surface area is 83.0 Å². The maximum Gasteiger partial charge on any atom is 0.0806 e. The molecule has 0 aromatic carbocycles. The molecule has 2 rings (SSSR count). The molecule has 1 saturated heterocycles. The molecule has 2 aliphatic rings. The molecule has 1 atom stereocenters. The molecule has 70 valence electrons. The highest BCUT2D eigenvalue weighted by atomic mass is 79.9. The smallest absolute Gasteiger partial charge is 0.0806 e. The molecule has 1 aliphatic carbocycles. The van der Waals surface area contributed by atoms with Crippen LogP contribution >= 0.6 is 15.9 Å². The molecule has 0 N–H and O–H groups in total. The van der Waals surface area contributed by atoms with Crippen LogP contribution in [0.15, 0.2) is 0 Å². The molecule has 1 heterocycles. The molecule has 0 spiro atoms. The molecular weight excluding hydrogens is 216 g/mol. The van der Waals surface area contributed by atoms with Crippen LogP contribution in [0.3, 0.4) is 0 Å². The van der Waals surface area contributed by atoms with Crippen molar-refractivity contribution in [2.24, 2.45) is 5.92 Å². The van der Waals surface area contributed by atoms with Gasteiger partial charge in [-0.2, -0.15) is 0 Å². The average molecular weight is 233 g/mol. The summed E-state index contributed by atoms with van der Waals surface area (Å²) in [6.07, 6.45) is 8.12. The first-order valence-corrected chi connectivity index (χ1v) is 6.19. The van der Waals surface area contributed by atoms with Crippen LogP contribution in [0.4, 0.5) is 0 Å². The van der Waals surface area contributed by atoms with Crippen molar-refractivity contribution >= 4 is 15.9 Å². The number of rotatable bonds is 2. The first-order chi connectivity index (χ1) is 5.87. The van der Waals surface area contributed by atoms with Crippen LogP contribution in [0.5, 0.6) is 0 Å². The monoisotopic (exact) mass is 232 g/mol. The van der Waals surface area contributed by atoms with E-state index in [1.165, 1.54) is 38.5 Å². The first-order valence-electron chi connectivity index (χ1n) is 5.07. The van der Waals surface area contributed by atoms with Gasteiger partial charge in [0.1, 0.15) is 0 Å². The van der Waals surface area contributed by atoms with Gasteiger partial charge in [-0.25, -0.2) is 0 Å². The molecule has 1 unspecified atom stereocenters. The maximum absolute atomic E-state index is 5.97. The van der Waals surface area contributed by atoms with E-state index in [0.29, 0.717) is 0 Å². The molecule has 0 bridgehead atoms. The Morgan fingerprint density at radius 1 is 1.25 bits per heavy atom. The highest BCUT2D eigenvalue weighted by Crippen LogP contribution is 2.44. The van der Waals surface area contributed by atoms with Crippen LogP contribution in [0.1, 0.15) is 38.5 Å². The van der Waals surface area contributed by atoms with Gasteiger partial charge >= 0.3 is 0 Å². The third kappa shape index (κ3) is 1.44. The Balaban J connectivity index is 2.00. The number of hydrogen-bond acceptors (Lipinski definition) is 1. The second kappa shape index (κ2) is 3.67. The fourth-order valence-electron chi connectivity index (χ4n) is 2.34. The summed E-state index contributed by atoms with van der Waals surface area (Å²) in [5.74, 6) is 0.858. The van der Waals surface area contributed by atoms with Crippen LogP contribution in [0, 0.1) is 5.92 Å². The Kier molecular flexibility index (Phi) is 2.75. The van der Waals surface area contributed by atoms with Gasteiger partial charge in [0.15, 0.2) is 0 Å². The van der Waals surface area contributed by atoms with E-state index in [0.717, 1.165) is 17.9 Å². The molecule has 0 radical (unpaired) electrons. The number of halogens is 1. The topological polar surface area (TPSA) is 9.23 Å². The summed E-state index contributed by atoms with van der Waals surface area (Å²) in [6, 6.07) is 0. The predicted octanol–water partition coefficient (Wildman–Crippen LogP) is 3.12. The number of alkyl halides is 1. The van der Waals surface area contributed by atoms with Crippen LogP contribution in [0.2, 0.25) is 0 Å². The number of ether oxygens (including phenoxy) is 1. The highest BCUT2D eigenvalue weighted by molar-refractivity contribution is 9.09. The minimum absolute atomic E-state index is 0.233. The van der Waals surface area contributed by atoms with Crippen molar-refractivity contribution < 1.29 is 4.74 Å². The van der Waals surface area contributed by atoms with E-state index in [-0.39, 0.29) is 5.60 Å². The zero-order chi connectivity index (χ0) is 8.44. The van der Waals surface area contributed by atoms with Gasteiger partial charge in [0, 0.05) is 11.9 Å². The van der Waals surface area contributed by atoms with Gasteiger partial charge in [-0.15, -0.1) is 0 Å². The Morgan fingerprint density at radius 2 is 2.08 bits per heavy atom. The van der Waals surface area contributed by atoms with Crippen molar-refractivity contribution in [3.63, 3.8) is 0 Å². The predicted molar refractivity (Wildman–Crippen MR) is 53.7 cm³/mol. The molecule has 2 fully saturated rings. The fraction of sp³-hybridized carbons (Fsp3) is 1.00. The van der Waals surface area contributed by atoms with Crippen LogP contribution < -0.4 is 0 Å². The normalized spacial score (nSPS) is 37.8. The molecule has 1 saturated carbocycles. The molecule has 0 amide bonds. The molecule has 0 aromatic heterocycles. The lowest BCUT2D eigenvalue weighted by Gasteiger charge is -2.46. The van der Waals surface area contributed by atoms with E-state index in [1.807, 2.05) is 0 Å². The second-order valence-electron chi connectivity index (χ2n) is 4.13. The van der Waals surface area contributed by atoms with Crippen molar-refractivity contribution in [1.82, 2.24) is 0 Å².